The molecule has 0 spiro atoms. The predicted molar refractivity (Wildman–Crippen MR) is 164 cm³/mol. The van der Waals surface area contributed by atoms with Gasteiger partial charge in [0, 0.05) is 44.0 Å². The van der Waals surface area contributed by atoms with Crippen LogP contribution in [0.2, 0.25) is 0 Å². The maximum atomic E-state index is 13.6. The standard InChI is InChI=1S/C30H38N8O3/c1-8-27(39)32-23-16-24(26(41-7)17-25(23)36(6)15-14-35(4)5)33-29-31-18-21-19-37(20(2)3)30(40)38(28(21)34-29)22-12-10-9-11-13-22/h8-13,16-18,20H,1,14-15,19H2,2-7H3,(H,32,39)(H,31,33,34). The first-order valence-corrected chi connectivity index (χ1v) is 13.4. The van der Waals surface area contributed by atoms with E-state index in [4.69, 9.17) is 9.72 Å². The number of likely N-dealkylation sites (N-methyl/N-ethyl adjacent to an activating group) is 2. The van der Waals surface area contributed by atoms with Crippen LogP contribution in [0, 0.1) is 0 Å². The fourth-order valence-electron chi connectivity index (χ4n) is 4.47. The summed E-state index contributed by atoms with van der Waals surface area (Å²) in [5, 5.41) is 6.14. The van der Waals surface area contributed by atoms with Crippen molar-refractivity contribution in [2.75, 3.05) is 61.8 Å². The summed E-state index contributed by atoms with van der Waals surface area (Å²) < 4.78 is 5.72. The molecular formula is C30H38N8O3. The molecule has 41 heavy (non-hydrogen) atoms. The Kier molecular flexibility index (Phi) is 9.08. The van der Waals surface area contributed by atoms with Gasteiger partial charge in [0.25, 0.3) is 0 Å². The molecular weight excluding hydrogens is 520 g/mol. The quantitative estimate of drug-likeness (QED) is 0.322. The number of carbonyl (C=O) groups excluding carboxylic acids is 2. The van der Waals surface area contributed by atoms with Crippen molar-refractivity contribution in [2.24, 2.45) is 0 Å². The van der Waals surface area contributed by atoms with Crippen molar-refractivity contribution in [3.8, 4) is 5.75 Å². The lowest BCUT2D eigenvalue weighted by Crippen LogP contribution is -2.48. The Labute approximate surface area is 241 Å². The van der Waals surface area contributed by atoms with Crippen LogP contribution in [0.15, 0.2) is 61.3 Å². The molecule has 4 rings (SSSR count). The van der Waals surface area contributed by atoms with E-state index in [-0.39, 0.29) is 23.9 Å². The Balaban J connectivity index is 1.74. The van der Waals surface area contributed by atoms with E-state index >= 15 is 0 Å². The Morgan fingerprint density at radius 3 is 2.51 bits per heavy atom. The van der Waals surface area contributed by atoms with Gasteiger partial charge in [0.15, 0.2) is 5.82 Å². The number of hydrogen-bond donors (Lipinski definition) is 2. The first kappa shape index (κ1) is 29.3. The highest BCUT2D eigenvalue weighted by Crippen LogP contribution is 2.39. The molecule has 2 heterocycles. The molecule has 11 heteroatoms. The Hall–Kier alpha value is -4.64. The fourth-order valence-corrected chi connectivity index (χ4v) is 4.47. The number of methoxy groups -OCH3 is 1. The summed E-state index contributed by atoms with van der Waals surface area (Å²) in [6, 6.07) is 12.9. The summed E-state index contributed by atoms with van der Waals surface area (Å²) in [4.78, 5) is 42.7. The molecule has 0 saturated heterocycles. The van der Waals surface area contributed by atoms with Gasteiger partial charge in [-0.1, -0.05) is 24.8 Å². The molecule has 0 unspecified atom stereocenters. The molecule has 1 aromatic heterocycles. The third-order valence-corrected chi connectivity index (χ3v) is 6.77. The van der Waals surface area contributed by atoms with Gasteiger partial charge in [-0.15, -0.1) is 0 Å². The van der Waals surface area contributed by atoms with Crippen molar-refractivity contribution in [1.29, 1.82) is 0 Å². The summed E-state index contributed by atoms with van der Waals surface area (Å²) in [5.74, 6) is 0.995. The molecule has 2 aromatic carbocycles. The number of rotatable bonds is 11. The van der Waals surface area contributed by atoms with Crippen molar-refractivity contribution in [3.63, 3.8) is 0 Å². The van der Waals surface area contributed by atoms with E-state index in [1.165, 1.54) is 6.08 Å². The Morgan fingerprint density at radius 2 is 1.88 bits per heavy atom. The molecule has 3 amide bonds. The maximum absolute atomic E-state index is 13.6. The van der Waals surface area contributed by atoms with Crippen LogP contribution in [0.1, 0.15) is 19.4 Å². The fraction of sp³-hybridized carbons (Fsp3) is 0.333. The van der Waals surface area contributed by atoms with Gasteiger partial charge < -0.3 is 30.1 Å². The molecule has 0 fully saturated rings. The SMILES string of the molecule is C=CC(=O)Nc1cc(Nc2ncc3c(n2)N(c2ccccc2)C(=O)N(C(C)C)C3)c(OC)cc1N(C)CCN(C)C. The minimum Gasteiger partial charge on any atom is -0.494 e. The maximum Gasteiger partial charge on any atom is 0.330 e. The number of fused-ring (bicyclic) bond motifs is 1. The van der Waals surface area contributed by atoms with E-state index in [2.05, 4.69) is 27.1 Å². The minimum absolute atomic E-state index is 0.00231. The van der Waals surface area contributed by atoms with Crippen molar-refractivity contribution in [3.05, 3.63) is 66.9 Å². The number of anilines is 6. The van der Waals surface area contributed by atoms with Crippen LogP contribution in [0.4, 0.5) is 39.3 Å². The largest absolute Gasteiger partial charge is 0.494 e. The van der Waals surface area contributed by atoms with Crippen LogP contribution in [0.25, 0.3) is 0 Å². The number of para-hydroxylation sites is 1. The van der Waals surface area contributed by atoms with Gasteiger partial charge in [-0.05, 0) is 52.2 Å². The van der Waals surface area contributed by atoms with Crippen LogP contribution in [-0.4, -0.2) is 79.1 Å². The van der Waals surface area contributed by atoms with Gasteiger partial charge in [-0.2, -0.15) is 4.98 Å². The number of hydrogen-bond acceptors (Lipinski definition) is 8. The number of benzene rings is 2. The number of ether oxygens (including phenoxy) is 1. The summed E-state index contributed by atoms with van der Waals surface area (Å²) >= 11 is 0. The molecule has 11 nitrogen and oxygen atoms in total. The molecule has 1 aliphatic heterocycles. The number of nitrogens with zero attached hydrogens (tertiary/aromatic N) is 6. The summed E-state index contributed by atoms with van der Waals surface area (Å²) in [6.07, 6.45) is 2.96. The van der Waals surface area contributed by atoms with E-state index in [0.29, 0.717) is 35.2 Å². The van der Waals surface area contributed by atoms with Gasteiger partial charge in [-0.3, -0.25) is 4.79 Å². The lowest BCUT2D eigenvalue weighted by Gasteiger charge is -2.38. The van der Waals surface area contributed by atoms with Gasteiger partial charge in [0.1, 0.15) is 5.75 Å². The van der Waals surface area contributed by atoms with E-state index in [0.717, 1.165) is 24.3 Å². The second kappa shape index (κ2) is 12.7. The summed E-state index contributed by atoms with van der Waals surface area (Å²) in [7, 11) is 7.55. The normalized spacial score (nSPS) is 12.8. The Bertz CT molecular complexity index is 1410. The van der Waals surface area contributed by atoms with Crippen LogP contribution in [0.5, 0.6) is 5.75 Å². The topological polar surface area (TPSA) is 106 Å². The molecule has 0 radical (unpaired) electrons. The van der Waals surface area contributed by atoms with Gasteiger partial charge in [0.2, 0.25) is 11.9 Å². The number of urea groups is 1. The zero-order valence-corrected chi connectivity index (χ0v) is 24.5. The average Bonchev–Trinajstić information content (AvgIpc) is 2.96. The highest BCUT2D eigenvalue weighted by molar-refractivity contribution is 6.02. The van der Waals surface area contributed by atoms with E-state index < -0.39 is 0 Å². The van der Waals surface area contributed by atoms with E-state index in [1.54, 1.807) is 29.2 Å². The molecule has 1 aliphatic rings. The minimum atomic E-state index is -0.333. The number of amides is 3. The number of nitrogens with one attached hydrogen (secondary N) is 2. The first-order chi connectivity index (χ1) is 19.6. The van der Waals surface area contributed by atoms with E-state index in [9.17, 15) is 9.59 Å². The lowest BCUT2D eigenvalue weighted by atomic mass is 10.1. The number of aromatic nitrogens is 2. The molecule has 0 atom stereocenters. The van der Waals surface area contributed by atoms with E-state index in [1.807, 2.05) is 76.3 Å². The van der Waals surface area contributed by atoms with Crippen LogP contribution in [-0.2, 0) is 11.3 Å². The van der Waals surface area contributed by atoms with Crippen LogP contribution >= 0.6 is 0 Å². The summed E-state index contributed by atoms with van der Waals surface area (Å²) in [6.45, 7) is 9.51. The molecule has 0 aliphatic carbocycles. The van der Waals surface area contributed by atoms with Gasteiger partial charge in [0.05, 0.1) is 36.4 Å². The smallest absolute Gasteiger partial charge is 0.330 e. The molecule has 0 bridgehead atoms. The lowest BCUT2D eigenvalue weighted by molar-refractivity contribution is -0.111. The Morgan fingerprint density at radius 1 is 1.15 bits per heavy atom. The zero-order chi connectivity index (χ0) is 29.7. The molecule has 0 saturated carbocycles. The molecule has 3 aromatic rings. The monoisotopic (exact) mass is 558 g/mol. The second-order valence-electron chi connectivity index (χ2n) is 10.3. The van der Waals surface area contributed by atoms with Crippen molar-refractivity contribution < 1.29 is 14.3 Å². The van der Waals surface area contributed by atoms with Crippen LogP contribution in [0.3, 0.4) is 0 Å². The van der Waals surface area contributed by atoms with Gasteiger partial charge in [-0.25, -0.2) is 14.7 Å². The highest BCUT2D eigenvalue weighted by Gasteiger charge is 2.34. The van der Waals surface area contributed by atoms with Crippen molar-refractivity contribution >= 4 is 46.5 Å². The molecule has 216 valence electrons. The summed E-state index contributed by atoms with van der Waals surface area (Å²) in [5.41, 5.74) is 3.45. The third kappa shape index (κ3) is 6.58. The number of carbonyl (C=O) groups is 2. The first-order valence-electron chi connectivity index (χ1n) is 13.4. The van der Waals surface area contributed by atoms with Crippen molar-refractivity contribution in [2.45, 2.75) is 26.4 Å². The van der Waals surface area contributed by atoms with Crippen molar-refractivity contribution in [1.82, 2.24) is 19.8 Å². The third-order valence-electron chi connectivity index (χ3n) is 6.77. The second-order valence-corrected chi connectivity index (χ2v) is 10.3. The zero-order valence-electron chi connectivity index (χ0n) is 24.5. The predicted octanol–water partition coefficient (Wildman–Crippen LogP) is 4.83. The highest BCUT2D eigenvalue weighted by atomic mass is 16.5. The van der Waals surface area contributed by atoms with Crippen LogP contribution < -0.4 is 25.2 Å². The average molecular weight is 559 g/mol. The van der Waals surface area contributed by atoms with Gasteiger partial charge >= 0.3 is 6.03 Å². The molecule has 2 N–H and O–H groups in total.